The lowest BCUT2D eigenvalue weighted by Gasteiger charge is -2.24. The number of imidazole rings is 1. The summed E-state index contributed by atoms with van der Waals surface area (Å²) in [6.45, 7) is 6.81. The maximum atomic E-state index is 12.1. The standard InChI is InChI=1S/C16H23N5O2/c1-10(2)16-19-15(23-20-16)7-6-14(22)18-12-4-5-13-17-11(3)8-21(13)9-12/h8,10,12H,4-7,9H2,1-3H3,(H,18,22). The molecule has 1 N–H and O–H groups in total. The second-order valence-electron chi connectivity index (χ2n) is 6.46. The number of carbonyl (C=O) groups excluding carboxylic acids is 1. The lowest BCUT2D eigenvalue weighted by atomic mass is 10.1. The lowest BCUT2D eigenvalue weighted by molar-refractivity contribution is -0.122. The van der Waals surface area contributed by atoms with E-state index in [9.17, 15) is 4.79 Å². The van der Waals surface area contributed by atoms with Gasteiger partial charge >= 0.3 is 0 Å². The van der Waals surface area contributed by atoms with Gasteiger partial charge in [0.1, 0.15) is 5.82 Å². The minimum atomic E-state index is 0.0274. The monoisotopic (exact) mass is 317 g/mol. The van der Waals surface area contributed by atoms with E-state index in [1.54, 1.807) is 0 Å². The van der Waals surface area contributed by atoms with Gasteiger partial charge in [-0.05, 0) is 13.3 Å². The van der Waals surface area contributed by atoms with E-state index in [1.807, 2.05) is 27.0 Å². The summed E-state index contributed by atoms with van der Waals surface area (Å²) in [6, 6.07) is 0.164. The first kappa shape index (κ1) is 15.7. The first-order valence-electron chi connectivity index (χ1n) is 8.15. The molecule has 124 valence electrons. The van der Waals surface area contributed by atoms with Gasteiger partial charge < -0.3 is 14.4 Å². The summed E-state index contributed by atoms with van der Waals surface area (Å²) in [5.74, 6) is 2.59. The summed E-state index contributed by atoms with van der Waals surface area (Å²) in [5, 5.41) is 7.00. The van der Waals surface area contributed by atoms with Crippen molar-refractivity contribution < 1.29 is 9.32 Å². The Morgan fingerprint density at radius 1 is 1.48 bits per heavy atom. The SMILES string of the molecule is Cc1cn2c(n1)CCC(NC(=O)CCc1nc(C(C)C)no1)C2. The molecule has 7 heteroatoms. The van der Waals surface area contributed by atoms with E-state index in [1.165, 1.54) is 0 Å². The van der Waals surface area contributed by atoms with E-state index in [0.717, 1.165) is 30.9 Å². The van der Waals surface area contributed by atoms with E-state index >= 15 is 0 Å². The molecule has 0 fully saturated rings. The second kappa shape index (κ2) is 6.52. The molecule has 23 heavy (non-hydrogen) atoms. The predicted molar refractivity (Wildman–Crippen MR) is 83.9 cm³/mol. The van der Waals surface area contributed by atoms with Crippen LogP contribution in [0.1, 0.15) is 55.8 Å². The normalized spacial score (nSPS) is 17.3. The lowest BCUT2D eigenvalue weighted by Crippen LogP contribution is -2.41. The first-order chi connectivity index (χ1) is 11.0. The summed E-state index contributed by atoms with van der Waals surface area (Å²) in [7, 11) is 0. The molecule has 1 atom stereocenters. The maximum absolute atomic E-state index is 12.1. The third kappa shape index (κ3) is 3.78. The zero-order chi connectivity index (χ0) is 16.4. The number of nitrogens with zero attached hydrogens (tertiary/aromatic N) is 4. The van der Waals surface area contributed by atoms with Crippen LogP contribution in [0.3, 0.4) is 0 Å². The van der Waals surface area contributed by atoms with Crippen molar-refractivity contribution in [2.24, 2.45) is 0 Å². The van der Waals surface area contributed by atoms with Crippen molar-refractivity contribution in [1.82, 2.24) is 25.0 Å². The summed E-state index contributed by atoms with van der Waals surface area (Å²) in [4.78, 5) is 20.9. The van der Waals surface area contributed by atoms with Crippen LogP contribution in [0.2, 0.25) is 0 Å². The van der Waals surface area contributed by atoms with Gasteiger partial charge in [0.25, 0.3) is 0 Å². The zero-order valence-corrected chi connectivity index (χ0v) is 13.9. The van der Waals surface area contributed by atoms with Gasteiger partial charge in [0.2, 0.25) is 11.8 Å². The van der Waals surface area contributed by atoms with Crippen LogP contribution >= 0.6 is 0 Å². The Morgan fingerprint density at radius 2 is 2.30 bits per heavy atom. The zero-order valence-electron chi connectivity index (χ0n) is 13.9. The fourth-order valence-electron chi connectivity index (χ4n) is 2.83. The van der Waals surface area contributed by atoms with Crippen LogP contribution < -0.4 is 5.32 Å². The molecule has 2 aromatic heterocycles. The van der Waals surface area contributed by atoms with Gasteiger partial charge in [-0.2, -0.15) is 4.98 Å². The molecule has 1 unspecified atom stereocenters. The molecule has 3 rings (SSSR count). The van der Waals surface area contributed by atoms with Crippen LogP contribution in [0.5, 0.6) is 0 Å². The molecule has 0 saturated heterocycles. The van der Waals surface area contributed by atoms with Gasteiger partial charge in [0.15, 0.2) is 5.82 Å². The van der Waals surface area contributed by atoms with Gasteiger partial charge in [0, 0.05) is 44.0 Å². The highest BCUT2D eigenvalue weighted by Gasteiger charge is 2.21. The summed E-state index contributed by atoms with van der Waals surface area (Å²) < 4.78 is 7.30. The number of fused-ring (bicyclic) bond motifs is 1. The van der Waals surface area contributed by atoms with Gasteiger partial charge in [-0.25, -0.2) is 4.98 Å². The largest absolute Gasteiger partial charge is 0.352 e. The van der Waals surface area contributed by atoms with Crippen molar-refractivity contribution in [3.8, 4) is 0 Å². The summed E-state index contributed by atoms with van der Waals surface area (Å²) in [5.41, 5.74) is 1.03. The highest BCUT2D eigenvalue weighted by atomic mass is 16.5. The Morgan fingerprint density at radius 3 is 3.04 bits per heavy atom. The first-order valence-corrected chi connectivity index (χ1v) is 8.15. The van der Waals surface area contributed by atoms with Gasteiger partial charge in [0.05, 0.1) is 5.69 Å². The number of carbonyl (C=O) groups is 1. The van der Waals surface area contributed by atoms with Crippen LogP contribution in [0, 0.1) is 6.92 Å². The molecule has 1 aliphatic heterocycles. The molecular weight excluding hydrogens is 294 g/mol. The van der Waals surface area contributed by atoms with Crippen LogP contribution in [0.15, 0.2) is 10.7 Å². The van der Waals surface area contributed by atoms with Crippen LogP contribution in [0.4, 0.5) is 0 Å². The molecular formula is C16H23N5O2. The van der Waals surface area contributed by atoms with Crippen molar-refractivity contribution in [2.45, 2.75) is 65.0 Å². The van der Waals surface area contributed by atoms with Gasteiger partial charge in [-0.1, -0.05) is 19.0 Å². The van der Waals surface area contributed by atoms with Crippen molar-refractivity contribution in [3.63, 3.8) is 0 Å². The van der Waals surface area contributed by atoms with Crippen LogP contribution in [-0.4, -0.2) is 31.6 Å². The van der Waals surface area contributed by atoms with Crippen LogP contribution in [0.25, 0.3) is 0 Å². The van der Waals surface area contributed by atoms with E-state index in [0.29, 0.717) is 24.6 Å². The van der Waals surface area contributed by atoms with E-state index in [2.05, 4.69) is 25.0 Å². The third-order valence-corrected chi connectivity index (χ3v) is 4.04. The van der Waals surface area contributed by atoms with Gasteiger partial charge in [-0.3, -0.25) is 4.79 Å². The summed E-state index contributed by atoms with van der Waals surface area (Å²) in [6.07, 6.45) is 4.72. The Labute approximate surface area is 135 Å². The number of amides is 1. The highest BCUT2D eigenvalue weighted by molar-refractivity contribution is 5.76. The molecule has 2 aromatic rings. The minimum absolute atomic E-state index is 0.0274. The second-order valence-corrected chi connectivity index (χ2v) is 6.46. The molecule has 3 heterocycles. The average molecular weight is 317 g/mol. The Balaban J connectivity index is 1.48. The van der Waals surface area contributed by atoms with Gasteiger partial charge in [-0.15, -0.1) is 0 Å². The third-order valence-electron chi connectivity index (χ3n) is 4.04. The number of aromatic nitrogens is 4. The minimum Gasteiger partial charge on any atom is -0.352 e. The Hall–Kier alpha value is -2.18. The Kier molecular flexibility index (Phi) is 4.45. The molecule has 0 spiro atoms. The Bertz CT molecular complexity index is 688. The number of rotatable bonds is 5. The molecule has 0 radical (unpaired) electrons. The molecule has 0 aromatic carbocycles. The molecule has 0 aliphatic carbocycles. The van der Waals surface area contributed by atoms with E-state index in [-0.39, 0.29) is 17.9 Å². The number of hydrogen-bond donors (Lipinski definition) is 1. The predicted octanol–water partition coefficient (Wildman–Crippen LogP) is 1.76. The molecule has 0 bridgehead atoms. The maximum Gasteiger partial charge on any atom is 0.227 e. The molecule has 7 nitrogen and oxygen atoms in total. The molecule has 1 amide bonds. The fourth-order valence-corrected chi connectivity index (χ4v) is 2.83. The number of nitrogens with one attached hydrogen (secondary N) is 1. The molecule has 0 saturated carbocycles. The number of aryl methyl sites for hydroxylation is 3. The highest BCUT2D eigenvalue weighted by Crippen LogP contribution is 2.15. The van der Waals surface area contributed by atoms with Crippen molar-refractivity contribution in [2.75, 3.05) is 0 Å². The van der Waals surface area contributed by atoms with Crippen molar-refractivity contribution >= 4 is 5.91 Å². The quantitative estimate of drug-likeness (QED) is 0.908. The smallest absolute Gasteiger partial charge is 0.227 e. The topological polar surface area (TPSA) is 85.8 Å². The van der Waals surface area contributed by atoms with E-state index < -0.39 is 0 Å². The van der Waals surface area contributed by atoms with Crippen LogP contribution in [-0.2, 0) is 24.2 Å². The molecule has 1 aliphatic rings. The number of hydrogen-bond acceptors (Lipinski definition) is 5. The fraction of sp³-hybridized carbons (Fsp3) is 0.625. The summed E-state index contributed by atoms with van der Waals surface area (Å²) >= 11 is 0. The van der Waals surface area contributed by atoms with Crippen molar-refractivity contribution in [1.29, 1.82) is 0 Å². The average Bonchev–Trinajstić information content (AvgIpc) is 3.10. The van der Waals surface area contributed by atoms with E-state index in [4.69, 9.17) is 4.52 Å². The van der Waals surface area contributed by atoms with Crippen molar-refractivity contribution in [3.05, 3.63) is 29.4 Å².